The molecule has 29 heavy (non-hydrogen) atoms. The molecular weight excluding hydrogens is 380 g/mol. The molecular formula is C25H27ClN2O. The van der Waals surface area contributed by atoms with Crippen LogP contribution < -0.4 is 5.32 Å². The molecule has 4 heteroatoms. The second-order valence-electron chi connectivity index (χ2n) is 8.11. The molecule has 3 aromatic carbocycles. The maximum atomic E-state index is 13.0. The van der Waals surface area contributed by atoms with Gasteiger partial charge in [-0.05, 0) is 55.6 Å². The Labute approximate surface area is 177 Å². The molecule has 1 amide bonds. The lowest BCUT2D eigenvalue weighted by molar-refractivity contribution is 0.0951. The van der Waals surface area contributed by atoms with Gasteiger partial charge in [0.2, 0.25) is 0 Å². The lowest BCUT2D eigenvalue weighted by Crippen LogP contribution is -2.40. The van der Waals surface area contributed by atoms with Crippen LogP contribution in [-0.2, 0) is 12.1 Å². The van der Waals surface area contributed by atoms with Crippen molar-refractivity contribution in [1.29, 1.82) is 0 Å². The zero-order valence-corrected chi connectivity index (χ0v) is 17.8. The summed E-state index contributed by atoms with van der Waals surface area (Å²) in [4.78, 5) is 15.4. The molecule has 0 saturated heterocycles. The van der Waals surface area contributed by atoms with Crippen LogP contribution in [-0.4, -0.2) is 24.9 Å². The van der Waals surface area contributed by atoms with Crippen LogP contribution in [0.2, 0.25) is 5.02 Å². The number of nitrogens with zero attached hydrogens (tertiary/aromatic N) is 1. The summed E-state index contributed by atoms with van der Waals surface area (Å²) in [6, 6.07) is 19.9. The van der Waals surface area contributed by atoms with E-state index in [0.29, 0.717) is 17.1 Å². The molecule has 150 valence electrons. The summed E-state index contributed by atoms with van der Waals surface area (Å²) in [6.45, 7) is 0.515. The fourth-order valence-corrected chi connectivity index (χ4v) is 5.00. The highest BCUT2D eigenvalue weighted by atomic mass is 35.5. The molecule has 3 nitrogen and oxygen atoms in total. The standard InChI is InChI=1S/C25H27ClN2O/c1-28(2)25(15-7-8-16-25)22-12-6-3-9-18(22)17-27-24(29)21-13-14-23(26)20-11-5-4-10-19(20)21/h3-6,9-14H,7-8,15-17H2,1-2H3,(H,27,29). The van der Waals surface area contributed by atoms with Crippen molar-refractivity contribution >= 4 is 28.3 Å². The summed E-state index contributed by atoms with van der Waals surface area (Å²) in [5, 5.41) is 5.59. The van der Waals surface area contributed by atoms with Gasteiger partial charge in [-0.2, -0.15) is 0 Å². The van der Waals surface area contributed by atoms with Gasteiger partial charge in [-0.25, -0.2) is 0 Å². The van der Waals surface area contributed by atoms with Gasteiger partial charge in [-0.1, -0.05) is 73.0 Å². The monoisotopic (exact) mass is 406 g/mol. The second kappa shape index (κ2) is 8.17. The number of rotatable bonds is 5. The molecule has 0 atom stereocenters. The molecule has 1 fully saturated rings. The molecule has 0 unspecified atom stereocenters. The molecule has 3 aromatic rings. The Morgan fingerprint density at radius 3 is 2.34 bits per heavy atom. The van der Waals surface area contributed by atoms with Gasteiger partial charge in [-0.15, -0.1) is 0 Å². The minimum absolute atomic E-state index is 0.0638. The largest absolute Gasteiger partial charge is 0.348 e. The van der Waals surface area contributed by atoms with Gasteiger partial charge in [0.1, 0.15) is 0 Å². The average Bonchev–Trinajstić information content (AvgIpc) is 3.24. The van der Waals surface area contributed by atoms with Crippen LogP contribution in [0.5, 0.6) is 0 Å². The quantitative estimate of drug-likeness (QED) is 0.584. The van der Waals surface area contributed by atoms with Gasteiger partial charge >= 0.3 is 0 Å². The summed E-state index contributed by atoms with van der Waals surface area (Å²) in [7, 11) is 4.33. The van der Waals surface area contributed by atoms with Crippen molar-refractivity contribution in [2.24, 2.45) is 0 Å². The molecule has 4 rings (SSSR count). The van der Waals surface area contributed by atoms with Crippen molar-refractivity contribution in [2.45, 2.75) is 37.8 Å². The van der Waals surface area contributed by atoms with Crippen molar-refractivity contribution in [3.05, 3.63) is 82.4 Å². The summed E-state index contributed by atoms with van der Waals surface area (Å²) in [5.74, 6) is -0.0713. The van der Waals surface area contributed by atoms with E-state index in [0.717, 1.165) is 23.6 Å². The Balaban J connectivity index is 1.61. The van der Waals surface area contributed by atoms with E-state index >= 15 is 0 Å². The lowest BCUT2D eigenvalue weighted by Gasteiger charge is -2.38. The van der Waals surface area contributed by atoms with E-state index in [1.54, 1.807) is 6.07 Å². The molecule has 0 aliphatic heterocycles. The predicted octanol–water partition coefficient (Wildman–Crippen LogP) is 5.75. The number of nitrogens with one attached hydrogen (secondary N) is 1. The number of carbonyl (C=O) groups excluding carboxylic acids is 1. The highest BCUT2D eigenvalue weighted by Gasteiger charge is 2.38. The van der Waals surface area contributed by atoms with E-state index in [1.165, 1.54) is 24.0 Å². The van der Waals surface area contributed by atoms with Crippen LogP contribution >= 0.6 is 11.6 Å². The van der Waals surface area contributed by atoms with Crippen molar-refractivity contribution in [1.82, 2.24) is 10.2 Å². The maximum absolute atomic E-state index is 13.0. The van der Waals surface area contributed by atoms with Gasteiger partial charge in [-0.3, -0.25) is 9.69 Å². The first kappa shape index (κ1) is 19.9. The second-order valence-corrected chi connectivity index (χ2v) is 8.52. The summed E-state index contributed by atoms with van der Waals surface area (Å²) in [6.07, 6.45) is 4.81. The Morgan fingerprint density at radius 2 is 1.62 bits per heavy atom. The Kier molecular flexibility index (Phi) is 5.62. The highest BCUT2D eigenvalue weighted by Crippen LogP contribution is 2.43. The van der Waals surface area contributed by atoms with Gasteiger partial charge in [0.25, 0.3) is 5.91 Å². The van der Waals surface area contributed by atoms with Gasteiger partial charge < -0.3 is 5.32 Å². The van der Waals surface area contributed by atoms with E-state index in [1.807, 2.05) is 30.3 Å². The third-order valence-corrected chi connectivity index (χ3v) is 6.69. The van der Waals surface area contributed by atoms with Gasteiger partial charge in [0.15, 0.2) is 0 Å². The lowest BCUT2D eigenvalue weighted by atomic mass is 9.83. The van der Waals surface area contributed by atoms with Crippen LogP contribution in [0.25, 0.3) is 10.8 Å². The first-order valence-electron chi connectivity index (χ1n) is 10.2. The fraction of sp³-hybridized carbons (Fsp3) is 0.320. The van der Waals surface area contributed by atoms with Crippen LogP contribution in [0.15, 0.2) is 60.7 Å². The number of hydrogen-bond acceptors (Lipinski definition) is 2. The van der Waals surface area contributed by atoms with E-state index in [9.17, 15) is 4.79 Å². The minimum Gasteiger partial charge on any atom is -0.348 e. The first-order chi connectivity index (χ1) is 14.0. The fourth-order valence-electron chi connectivity index (χ4n) is 4.78. The topological polar surface area (TPSA) is 32.3 Å². The van der Waals surface area contributed by atoms with Gasteiger partial charge in [0, 0.05) is 28.1 Å². The number of hydrogen-bond donors (Lipinski definition) is 1. The Bertz CT molecular complexity index is 1040. The van der Waals surface area contributed by atoms with E-state index < -0.39 is 0 Å². The summed E-state index contributed by atoms with van der Waals surface area (Å²) < 4.78 is 0. The third-order valence-electron chi connectivity index (χ3n) is 6.36. The molecule has 0 heterocycles. The number of amides is 1. The third kappa shape index (κ3) is 3.65. The van der Waals surface area contributed by atoms with Gasteiger partial charge in [0.05, 0.1) is 0 Å². The van der Waals surface area contributed by atoms with E-state index in [2.05, 4.69) is 48.6 Å². The Morgan fingerprint density at radius 1 is 0.966 bits per heavy atom. The van der Waals surface area contributed by atoms with Crippen molar-refractivity contribution in [3.63, 3.8) is 0 Å². The number of carbonyl (C=O) groups is 1. The number of benzene rings is 3. The van der Waals surface area contributed by atoms with Crippen molar-refractivity contribution in [3.8, 4) is 0 Å². The average molecular weight is 407 g/mol. The van der Waals surface area contributed by atoms with Crippen LogP contribution in [0.1, 0.15) is 47.2 Å². The first-order valence-corrected chi connectivity index (χ1v) is 10.6. The van der Waals surface area contributed by atoms with E-state index in [4.69, 9.17) is 11.6 Å². The minimum atomic E-state index is -0.0713. The molecule has 1 saturated carbocycles. The van der Waals surface area contributed by atoms with Crippen molar-refractivity contribution < 1.29 is 4.79 Å². The SMILES string of the molecule is CN(C)C1(c2ccccc2CNC(=O)c2ccc(Cl)c3ccccc23)CCCC1. The molecule has 0 aromatic heterocycles. The maximum Gasteiger partial charge on any atom is 0.252 e. The normalized spacial score (nSPS) is 15.7. The molecule has 0 spiro atoms. The number of halogens is 1. The van der Waals surface area contributed by atoms with Crippen LogP contribution in [0, 0.1) is 0 Å². The number of fused-ring (bicyclic) bond motifs is 1. The summed E-state index contributed by atoms with van der Waals surface area (Å²) in [5.41, 5.74) is 3.25. The summed E-state index contributed by atoms with van der Waals surface area (Å²) >= 11 is 6.31. The zero-order valence-electron chi connectivity index (χ0n) is 17.0. The zero-order chi connectivity index (χ0) is 20.4. The molecule has 1 aliphatic rings. The van der Waals surface area contributed by atoms with Crippen molar-refractivity contribution in [2.75, 3.05) is 14.1 Å². The smallest absolute Gasteiger partial charge is 0.252 e. The predicted molar refractivity (Wildman–Crippen MR) is 120 cm³/mol. The highest BCUT2D eigenvalue weighted by molar-refractivity contribution is 6.36. The van der Waals surface area contributed by atoms with E-state index in [-0.39, 0.29) is 11.4 Å². The van der Waals surface area contributed by atoms with Crippen LogP contribution in [0.3, 0.4) is 0 Å². The molecule has 1 aliphatic carbocycles. The molecule has 0 bridgehead atoms. The molecule has 1 N–H and O–H groups in total. The van der Waals surface area contributed by atoms with Crippen LogP contribution in [0.4, 0.5) is 0 Å². The Hall–Kier alpha value is -2.36. The molecule has 0 radical (unpaired) electrons.